The van der Waals surface area contributed by atoms with E-state index in [0.29, 0.717) is 6.10 Å². The third-order valence-electron chi connectivity index (χ3n) is 3.46. The quantitative estimate of drug-likeness (QED) is 0.676. The van der Waals surface area contributed by atoms with E-state index in [9.17, 15) is 5.11 Å². The van der Waals surface area contributed by atoms with E-state index in [1.165, 1.54) is 32.1 Å². The molecule has 0 unspecified atom stereocenters. The van der Waals surface area contributed by atoms with E-state index in [1.54, 1.807) is 0 Å². The van der Waals surface area contributed by atoms with E-state index < -0.39 is 0 Å². The molecule has 13 heavy (non-hydrogen) atoms. The fourth-order valence-corrected chi connectivity index (χ4v) is 2.64. The van der Waals surface area contributed by atoms with Gasteiger partial charge in [-0.15, -0.1) is 0 Å². The van der Waals surface area contributed by atoms with Gasteiger partial charge in [-0.2, -0.15) is 0 Å². The smallest absolute Gasteiger partial charge is 0.0627 e. The van der Waals surface area contributed by atoms with Gasteiger partial charge < -0.3 is 9.84 Å². The second kappa shape index (κ2) is 4.43. The van der Waals surface area contributed by atoms with Gasteiger partial charge in [-0.05, 0) is 31.6 Å². The third-order valence-corrected chi connectivity index (χ3v) is 3.46. The van der Waals surface area contributed by atoms with Gasteiger partial charge in [-0.1, -0.05) is 19.3 Å². The molecule has 1 aliphatic carbocycles. The molecule has 1 N–H and O–H groups in total. The number of rotatable bonds is 1. The van der Waals surface area contributed by atoms with Crippen molar-refractivity contribution in [2.45, 2.75) is 57.2 Å². The molecule has 2 aliphatic rings. The summed E-state index contributed by atoms with van der Waals surface area (Å²) in [6.45, 7) is 0.766. The number of ether oxygens (including phenoxy) is 1. The van der Waals surface area contributed by atoms with Crippen LogP contribution in [0.1, 0.15) is 44.9 Å². The molecule has 1 aliphatic heterocycles. The second-order valence-electron chi connectivity index (χ2n) is 4.49. The lowest BCUT2D eigenvalue weighted by atomic mass is 9.82. The average Bonchev–Trinajstić information content (AvgIpc) is 2.19. The van der Waals surface area contributed by atoms with Gasteiger partial charge in [-0.25, -0.2) is 0 Å². The van der Waals surface area contributed by atoms with Crippen molar-refractivity contribution in [3.05, 3.63) is 0 Å². The van der Waals surface area contributed by atoms with Crippen LogP contribution < -0.4 is 0 Å². The summed E-state index contributed by atoms with van der Waals surface area (Å²) in [5, 5.41) is 9.53. The molecule has 1 saturated carbocycles. The number of aliphatic hydroxyl groups is 1. The summed E-state index contributed by atoms with van der Waals surface area (Å²) in [7, 11) is 0. The molecule has 0 aromatic carbocycles. The largest absolute Gasteiger partial charge is 0.393 e. The predicted octanol–water partition coefficient (Wildman–Crippen LogP) is 2.11. The fourth-order valence-electron chi connectivity index (χ4n) is 2.64. The molecule has 0 bridgehead atoms. The summed E-state index contributed by atoms with van der Waals surface area (Å²) in [6, 6.07) is 0. The van der Waals surface area contributed by atoms with Gasteiger partial charge in [0.2, 0.25) is 0 Å². The van der Waals surface area contributed by atoms with Crippen molar-refractivity contribution < 1.29 is 9.84 Å². The lowest BCUT2D eigenvalue weighted by Gasteiger charge is -2.34. The topological polar surface area (TPSA) is 29.5 Å². The van der Waals surface area contributed by atoms with E-state index in [4.69, 9.17) is 4.74 Å². The van der Waals surface area contributed by atoms with E-state index in [1.807, 2.05) is 0 Å². The second-order valence-corrected chi connectivity index (χ2v) is 4.49. The zero-order valence-electron chi connectivity index (χ0n) is 8.24. The highest BCUT2D eigenvalue weighted by molar-refractivity contribution is 4.79. The molecule has 0 spiro atoms. The molecule has 2 fully saturated rings. The van der Waals surface area contributed by atoms with Crippen LogP contribution in [0.25, 0.3) is 0 Å². The molecule has 2 heteroatoms. The summed E-state index contributed by atoms with van der Waals surface area (Å²) >= 11 is 0. The van der Waals surface area contributed by atoms with Crippen LogP contribution in [-0.2, 0) is 4.74 Å². The third kappa shape index (κ3) is 2.44. The average molecular weight is 184 g/mol. The Hall–Kier alpha value is -0.0800. The maximum Gasteiger partial charge on any atom is 0.0627 e. The molecule has 76 valence electrons. The minimum Gasteiger partial charge on any atom is -0.393 e. The fraction of sp³-hybridized carbons (Fsp3) is 1.00. The number of aliphatic hydroxyl groups excluding tert-OH is 1. The van der Waals surface area contributed by atoms with Crippen LogP contribution in [-0.4, -0.2) is 23.9 Å². The van der Waals surface area contributed by atoms with Crippen LogP contribution in [0.4, 0.5) is 0 Å². The monoisotopic (exact) mass is 184 g/mol. The lowest BCUT2D eigenvalue weighted by molar-refractivity contribution is -0.0754. The first-order valence-electron chi connectivity index (χ1n) is 5.66. The zero-order valence-corrected chi connectivity index (χ0v) is 8.24. The van der Waals surface area contributed by atoms with Crippen molar-refractivity contribution in [3.8, 4) is 0 Å². The maximum absolute atomic E-state index is 9.53. The first-order valence-corrected chi connectivity index (χ1v) is 5.66. The molecule has 2 nitrogen and oxygen atoms in total. The first-order chi connectivity index (χ1) is 6.36. The van der Waals surface area contributed by atoms with E-state index in [0.717, 1.165) is 25.4 Å². The van der Waals surface area contributed by atoms with Crippen LogP contribution >= 0.6 is 0 Å². The Kier molecular flexibility index (Phi) is 3.23. The molecule has 1 saturated heterocycles. The van der Waals surface area contributed by atoms with E-state index in [2.05, 4.69) is 0 Å². The Bertz CT molecular complexity index is 152. The molecular formula is C11H20O2. The van der Waals surface area contributed by atoms with Crippen LogP contribution in [0.5, 0.6) is 0 Å². The molecule has 1 heterocycles. The van der Waals surface area contributed by atoms with Gasteiger partial charge in [0.05, 0.1) is 12.2 Å². The Morgan fingerprint density at radius 1 is 1.00 bits per heavy atom. The number of hydrogen-bond acceptors (Lipinski definition) is 2. The molecule has 0 radical (unpaired) electrons. The molecule has 2 atom stereocenters. The normalized spacial score (nSPS) is 37.6. The molecular weight excluding hydrogens is 164 g/mol. The van der Waals surface area contributed by atoms with Crippen molar-refractivity contribution in [2.24, 2.45) is 5.92 Å². The van der Waals surface area contributed by atoms with Crippen LogP contribution in [0.2, 0.25) is 0 Å². The molecule has 2 rings (SSSR count). The van der Waals surface area contributed by atoms with E-state index >= 15 is 0 Å². The van der Waals surface area contributed by atoms with Crippen molar-refractivity contribution >= 4 is 0 Å². The van der Waals surface area contributed by atoms with Gasteiger partial charge >= 0.3 is 0 Å². The van der Waals surface area contributed by atoms with Gasteiger partial charge in [0.25, 0.3) is 0 Å². The molecule has 0 aromatic heterocycles. The Balaban J connectivity index is 1.83. The minimum atomic E-state index is -0.0966. The van der Waals surface area contributed by atoms with Crippen molar-refractivity contribution in [3.63, 3.8) is 0 Å². The summed E-state index contributed by atoms with van der Waals surface area (Å²) < 4.78 is 5.73. The summed E-state index contributed by atoms with van der Waals surface area (Å²) in [5.74, 6) is 0.740. The van der Waals surface area contributed by atoms with Crippen molar-refractivity contribution in [1.82, 2.24) is 0 Å². The molecule has 0 amide bonds. The predicted molar refractivity (Wildman–Crippen MR) is 51.6 cm³/mol. The lowest BCUT2D eigenvalue weighted by Crippen LogP contribution is -2.35. The van der Waals surface area contributed by atoms with Crippen LogP contribution in [0, 0.1) is 5.92 Å². The Morgan fingerprint density at radius 3 is 2.46 bits per heavy atom. The zero-order chi connectivity index (χ0) is 9.10. The first kappa shape index (κ1) is 9.47. The van der Waals surface area contributed by atoms with Gasteiger partial charge in [0.15, 0.2) is 0 Å². The van der Waals surface area contributed by atoms with Gasteiger partial charge in [0.1, 0.15) is 0 Å². The van der Waals surface area contributed by atoms with Gasteiger partial charge in [0, 0.05) is 6.61 Å². The maximum atomic E-state index is 9.53. The molecule has 0 aromatic rings. The highest BCUT2D eigenvalue weighted by Crippen LogP contribution is 2.32. The SMILES string of the molecule is O[C@H]1CCO[C@@H](C2CCCCC2)C1. The van der Waals surface area contributed by atoms with Crippen molar-refractivity contribution in [2.75, 3.05) is 6.61 Å². The highest BCUT2D eigenvalue weighted by atomic mass is 16.5. The Labute approximate surface area is 80.3 Å². The van der Waals surface area contributed by atoms with Gasteiger partial charge in [-0.3, -0.25) is 0 Å². The van der Waals surface area contributed by atoms with Crippen LogP contribution in [0.15, 0.2) is 0 Å². The Morgan fingerprint density at radius 2 is 1.77 bits per heavy atom. The highest BCUT2D eigenvalue weighted by Gasteiger charge is 2.29. The van der Waals surface area contributed by atoms with Crippen molar-refractivity contribution in [1.29, 1.82) is 0 Å². The standard InChI is InChI=1S/C11H20O2/c12-10-6-7-13-11(8-10)9-4-2-1-3-5-9/h9-12H,1-8H2/t10-,11+/m0/s1. The minimum absolute atomic E-state index is 0.0966. The van der Waals surface area contributed by atoms with E-state index in [-0.39, 0.29) is 6.10 Å². The summed E-state index contributed by atoms with van der Waals surface area (Å²) in [5.41, 5.74) is 0. The number of hydrogen-bond donors (Lipinski definition) is 1. The van der Waals surface area contributed by atoms with Crippen LogP contribution in [0.3, 0.4) is 0 Å². The summed E-state index contributed by atoms with van der Waals surface area (Å²) in [4.78, 5) is 0. The summed E-state index contributed by atoms with van der Waals surface area (Å²) in [6.07, 6.45) is 8.74.